The first-order chi connectivity index (χ1) is 27.7. The predicted octanol–water partition coefficient (Wildman–Crippen LogP) is 14.4. The van der Waals surface area contributed by atoms with Gasteiger partial charge >= 0.3 is 0 Å². The van der Waals surface area contributed by atoms with E-state index in [1.54, 1.807) is 0 Å². The van der Waals surface area contributed by atoms with Crippen LogP contribution in [0.25, 0.3) is 93.7 Å². The minimum absolute atomic E-state index is 0.0944. The Morgan fingerprint density at radius 2 is 1.07 bits per heavy atom. The lowest BCUT2D eigenvalue weighted by molar-refractivity contribution is 0.332. The van der Waals surface area contributed by atoms with Gasteiger partial charge in [-0.3, -0.25) is 0 Å². The van der Waals surface area contributed by atoms with Crippen molar-refractivity contribution in [2.45, 2.75) is 51.4 Å². The molecule has 0 atom stereocenters. The number of nitrogens with zero attached hydrogens (tertiary/aromatic N) is 3. The van der Waals surface area contributed by atoms with Gasteiger partial charge in [0.25, 0.3) is 0 Å². The van der Waals surface area contributed by atoms with Gasteiger partial charge in [-0.25, -0.2) is 9.97 Å². The first kappa shape index (κ1) is 33.7. The first-order valence-corrected chi connectivity index (χ1v) is 20.2. The van der Waals surface area contributed by atoms with Crippen molar-refractivity contribution in [2.24, 2.45) is 0 Å². The van der Waals surface area contributed by atoms with E-state index in [1.165, 1.54) is 67.7 Å². The van der Waals surface area contributed by atoms with Crippen LogP contribution in [0.15, 0.2) is 164 Å². The smallest absolute Gasteiger partial charge is 0.161 e. The van der Waals surface area contributed by atoms with E-state index in [4.69, 9.17) is 9.97 Å². The third kappa shape index (κ3) is 5.40. The Kier molecular flexibility index (Phi) is 7.38. The Hall–Kier alpha value is -6.58. The zero-order chi connectivity index (χ0) is 38.5. The molecule has 0 unspecified atom stereocenters. The lowest BCUT2D eigenvalue weighted by Gasteiger charge is -2.42. The van der Waals surface area contributed by atoms with E-state index < -0.39 is 0 Å². The molecule has 0 saturated heterocycles. The summed E-state index contributed by atoms with van der Waals surface area (Å²) in [6.45, 7) is 9.67. The molecule has 2 heterocycles. The molecule has 1 aliphatic carbocycles. The molecule has 11 rings (SSSR count). The number of rotatable bonds is 4. The summed E-state index contributed by atoms with van der Waals surface area (Å²) in [5, 5.41) is 8.31. The average Bonchev–Trinajstić information content (AvgIpc) is 3.57. The van der Waals surface area contributed by atoms with Crippen molar-refractivity contribution in [3.05, 3.63) is 175 Å². The fourth-order valence-corrected chi connectivity index (χ4v) is 9.54. The van der Waals surface area contributed by atoms with Gasteiger partial charge < -0.3 is 4.57 Å². The van der Waals surface area contributed by atoms with Gasteiger partial charge in [-0.2, -0.15) is 0 Å². The fraction of sp³-hybridized carbons (Fsp3) is 0.148. The van der Waals surface area contributed by atoms with Crippen LogP contribution in [-0.2, 0) is 10.8 Å². The average molecular weight is 734 g/mol. The van der Waals surface area contributed by atoms with Crippen LogP contribution in [0.5, 0.6) is 0 Å². The number of fused-ring (bicyclic) bond motifs is 7. The van der Waals surface area contributed by atoms with Crippen LogP contribution in [0.3, 0.4) is 0 Å². The van der Waals surface area contributed by atoms with Crippen LogP contribution < -0.4 is 0 Å². The van der Waals surface area contributed by atoms with Crippen molar-refractivity contribution < 1.29 is 0 Å². The van der Waals surface area contributed by atoms with Crippen molar-refractivity contribution in [3.63, 3.8) is 0 Å². The topological polar surface area (TPSA) is 30.7 Å². The lowest BCUT2D eigenvalue weighted by Crippen LogP contribution is -2.33. The van der Waals surface area contributed by atoms with Crippen molar-refractivity contribution in [3.8, 4) is 39.5 Å². The summed E-state index contributed by atoms with van der Waals surface area (Å²) in [6, 6.07) is 59.7. The van der Waals surface area contributed by atoms with E-state index in [9.17, 15) is 0 Å². The number of aromatic nitrogens is 3. The Morgan fingerprint density at radius 1 is 0.439 bits per heavy atom. The highest BCUT2D eigenvalue weighted by molar-refractivity contribution is 6.11. The Labute approximate surface area is 333 Å². The van der Waals surface area contributed by atoms with Gasteiger partial charge in [-0.1, -0.05) is 143 Å². The van der Waals surface area contributed by atoms with Gasteiger partial charge in [0, 0.05) is 33.0 Å². The molecular weight excluding hydrogens is 691 g/mol. The van der Waals surface area contributed by atoms with Gasteiger partial charge in [-0.15, -0.1) is 0 Å². The van der Waals surface area contributed by atoms with Gasteiger partial charge in [0.2, 0.25) is 0 Å². The van der Waals surface area contributed by atoms with Gasteiger partial charge in [-0.05, 0) is 116 Å². The first-order valence-electron chi connectivity index (χ1n) is 20.2. The zero-order valence-corrected chi connectivity index (χ0v) is 32.8. The second kappa shape index (κ2) is 12.5. The normalized spacial score (nSPS) is 14.8. The fourth-order valence-electron chi connectivity index (χ4n) is 9.54. The summed E-state index contributed by atoms with van der Waals surface area (Å²) in [7, 11) is 0. The van der Waals surface area contributed by atoms with Crippen LogP contribution in [-0.4, -0.2) is 14.5 Å². The van der Waals surface area contributed by atoms with Crippen LogP contribution in [0.1, 0.15) is 51.7 Å². The van der Waals surface area contributed by atoms with E-state index in [2.05, 4.69) is 196 Å². The van der Waals surface area contributed by atoms with Crippen molar-refractivity contribution in [1.29, 1.82) is 0 Å². The summed E-state index contributed by atoms with van der Waals surface area (Å²) in [5.74, 6) is 0.724. The molecular formula is C54H43N3. The minimum Gasteiger partial charge on any atom is -0.309 e. The molecule has 0 bridgehead atoms. The maximum Gasteiger partial charge on any atom is 0.161 e. The van der Waals surface area contributed by atoms with E-state index in [1.807, 2.05) is 0 Å². The molecule has 2 aromatic heterocycles. The molecule has 8 aromatic carbocycles. The number of hydrogen-bond donors (Lipinski definition) is 0. The zero-order valence-electron chi connectivity index (χ0n) is 32.8. The molecule has 3 heteroatoms. The molecule has 3 nitrogen and oxygen atoms in total. The standard InChI is InChI=1S/C54H43N3/c1-53(2)26-27-54(3,4)47-33-50-44(32-46(47)53)42-18-11-13-21-49(42)57(50)40-30-38-16-8-9-17-41(38)45(31-40)52-55-48-20-12-10-19-43(48)51(56-52)39-25-24-36-28-35(22-23-37(36)29-39)34-14-6-5-7-15-34/h5-25,28-33H,26-27H2,1-4H3. The number of para-hydroxylation sites is 2. The quantitative estimate of drug-likeness (QED) is 0.180. The highest BCUT2D eigenvalue weighted by atomic mass is 15.0. The van der Waals surface area contributed by atoms with E-state index in [0.29, 0.717) is 0 Å². The predicted molar refractivity (Wildman–Crippen MR) is 240 cm³/mol. The minimum atomic E-state index is 0.0944. The van der Waals surface area contributed by atoms with E-state index in [-0.39, 0.29) is 10.8 Å². The highest BCUT2D eigenvalue weighted by Gasteiger charge is 2.38. The van der Waals surface area contributed by atoms with E-state index >= 15 is 0 Å². The second-order valence-electron chi connectivity index (χ2n) is 17.3. The second-order valence-corrected chi connectivity index (χ2v) is 17.3. The molecule has 0 N–H and O–H groups in total. The molecule has 0 radical (unpaired) electrons. The molecule has 57 heavy (non-hydrogen) atoms. The third-order valence-corrected chi connectivity index (χ3v) is 12.8. The molecule has 0 fully saturated rings. The lowest BCUT2D eigenvalue weighted by atomic mass is 9.63. The van der Waals surface area contributed by atoms with Gasteiger partial charge in [0.15, 0.2) is 5.82 Å². The molecule has 0 spiro atoms. The van der Waals surface area contributed by atoms with Crippen molar-refractivity contribution in [2.75, 3.05) is 0 Å². The van der Waals surface area contributed by atoms with Crippen molar-refractivity contribution in [1.82, 2.24) is 14.5 Å². The molecule has 1 aliphatic rings. The van der Waals surface area contributed by atoms with Crippen molar-refractivity contribution >= 4 is 54.3 Å². The van der Waals surface area contributed by atoms with Gasteiger partial charge in [0.05, 0.1) is 22.2 Å². The largest absolute Gasteiger partial charge is 0.309 e. The molecule has 0 aliphatic heterocycles. The highest BCUT2D eigenvalue weighted by Crippen LogP contribution is 2.49. The summed E-state index contributed by atoms with van der Waals surface area (Å²) >= 11 is 0. The van der Waals surface area contributed by atoms with E-state index in [0.717, 1.165) is 50.0 Å². The molecule has 274 valence electrons. The Morgan fingerprint density at radius 3 is 1.86 bits per heavy atom. The maximum atomic E-state index is 5.48. The van der Waals surface area contributed by atoms with Crippen LogP contribution >= 0.6 is 0 Å². The monoisotopic (exact) mass is 733 g/mol. The number of benzene rings is 8. The molecule has 10 aromatic rings. The summed E-state index contributed by atoms with van der Waals surface area (Å²) < 4.78 is 2.48. The van der Waals surface area contributed by atoms with Crippen LogP contribution in [0.2, 0.25) is 0 Å². The SMILES string of the molecule is CC1(C)CCC(C)(C)c2cc3c(cc21)c1ccccc1n3-c1cc(-c2nc(-c3ccc4cc(-c5ccccc5)ccc4c3)c3ccccc3n2)c2ccccc2c1. The Bertz CT molecular complexity index is 3240. The van der Waals surface area contributed by atoms with Gasteiger partial charge in [0.1, 0.15) is 0 Å². The van der Waals surface area contributed by atoms with Crippen LogP contribution in [0, 0.1) is 0 Å². The summed E-state index contributed by atoms with van der Waals surface area (Å²) in [6.07, 6.45) is 2.36. The maximum absolute atomic E-state index is 5.48. The third-order valence-electron chi connectivity index (χ3n) is 12.8. The summed E-state index contributed by atoms with van der Waals surface area (Å²) in [5.41, 5.74) is 13.1. The molecule has 0 amide bonds. The Balaban J connectivity index is 1.13. The molecule has 0 saturated carbocycles. The number of hydrogen-bond acceptors (Lipinski definition) is 2. The van der Waals surface area contributed by atoms with Crippen LogP contribution in [0.4, 0.5) is 0 Å². The summed E-state index contributed by atoms with van der Waals surface area (Å²) in [4.78, 5) is 10.8.